The van der Waals surface area contributed by atoms with Crippen molar-refractivity contribution in [2.24, 2.45) is 10.7 Å². The topological polar surface area (TPSA) is 84.5 Å². The summed E-state index contributed by atoms with van der Waals surface area (Å²) in [6, 6.07) is 9.35. The number of rotatable bonds is 5. The smallest absolute Gasteiger partial charge is 0.193 e. The first-order valence-corrected chi connectivity index (χ1v) is 7.47. The number of hydrogen-bond acceptors (Lipinski definition) is 3. The maximum absolute atomic E-state index is 11.5. The van der Waals surface area contributed by atoms with Crippen molar-refractivity contribution >= 4 is 45.5 Å². The molecule has 0 aliphatic rings. The molecule has 0 fully saturated rings. The summed E-state index contributed by atoms with van der Waals surface area (Å²) in [5.41, 5.74) is 6.48. The molecule has 0 unspecified atom stereocenters. The molecule has 0 aliphatic heterocycles. The van der Waals surface area contributed by atoms with Crippen molar-refractivity contribution in [1.82, 2.24) is 0 Å². The summed E-state index contributed by atoms with van der Waals surface area (Å²) in [5, 5.41) is 2.51. The molecule has 0 saturated carbocycles. The van der Waals surface area contributed by atoms with Gasteiger partial charge in [-0.15, -0.1) is 24.0 Å². The van der Waals surface area contributed by atoms with Crippen LogP contribution in [0.1, 0.15) is 13.8 Å². The van der Waals surface area contributed by atoms with Gasteiger partial charge in [0.2, 0.25) is 0 Å². The van der Waals surface area contributed by atoms with Gasteiger partial charge in [0.15, 0.2) is 15.8 Å². The zero-order chi connectivity index (χ0) is 13.6. The second-order valence-corrected chi connectivity index (χ2v) is 6.85. The summed E-state index contributed by atoms with van der Waals surface area (Å²) in [6.07, 6.45) is 0. The first kappa shape index (κ1) is 18.2. The van der Waals surface area contributed by atoms with E-state index in [0.717, 1.165) is 5.69 Å². The van der Waals surface area contributed by atoms with Crippen LogP contribution in [-0.2, 0) is 9.84 Å². The number of aliphatic imine (C=N–C) groups is 1. The molecule has 0 heterocycles. The lowest BCUT2D eigenvalue weighted by Gasteiger charge is -2.07. The number of sulfone groups is 1. The van der Waals surface area contributed by atoms with Gasteiger partial charge in [0.05, 0.1) is 17.5 Å². The zero-order valence-corrected chi connectivity index (χ0v) is 14.2. The number of nitrogens with one attached hydrogen (secondary N) is 1. The van der Waals surface area contributed by atoms with Crippen molar-refractivity contribution in [3.63, 3.8) is 0 Å². The normalized spacial score (nSPS) is 12.1. The Kier molecular flexibility index (Phi) is 8.00. The van der Waals surface area contributed by atoms with Gasteiger partial charge in [0, 0.05) is 5.69 Å². The molecule has 1 rings (SSSR count). The van der Waals surface area contributed by atoms with Crippen LogP contribution >= 0.6 is 24.0 Å². The maximum atomic E-state index is 11.5. The van der Waals surface area contributed by atoms with Gasteiger partial charge >= 0.3 is 0 Å². The Hall–Kier alpha value is -0.830. The van der Waals surface area contributed by atoms with Gasteiger partial charge in [0.25, 0.3) is 0 Å². The number of guanidine groups is 1. The Labute approximate surface area is 131 Å². The van der Waals surface area contributed by atoms with Gasteiger partial charge in [-0.05, 0) is 26.0 Å². The van der Waals surface area contributed by atoms with E-state index in [9.17, 15) is 8.42 Å². The minimum atomic E-state index is -3.06. The third-order valence-corrected chi connectivity index (χ3v) is 4.61. The lowest BCUT2D eigenvalue weighted by Crippen LogP contribution is -2.25. The molecule has 0 atom stereocenters. The molecule has 19 heavy (non-hydrogen) atoms. The van der Waals surface area contributed by atoms with Crippen LogP contribution in [0, 0.1) is 0 Å². The van der Waals surface area contributed by atoms with Gasteiger partial charge in [0.1, 0.15) is 0 Å². The first-order valence-electron chi connectivity index (χ1n) is 5.75. The molecule has 0 aliphatic carbocycles. The van der Waals surface area contributed by atoms with Crippen LogP contribution in [0.15, 0.2) is 35.3 Å². The highest BCUT2D eigenvalue weighted by molar-refractivity contribution is 14.0. The van der Waals surface area contributed by atoms with E-state index < -0.39 is 9.84 Å². The average Bonchev–Trinajstić information content (AvgIpc) is 2.29. The second-order valence-electron chi connectivity index (χ2n) is 4.17. The number of nitrogens with zero attached hydrogens (tertiary/aromatic N) is 1. The number of anilines is 1. The largest absolute Gasteiger partial charge is 0.370 e. The Balaban J connectivity index is 0.00000324. The Morgan fingerprint density at radius 1 is 1.32 bits per heavy atom. The van der Waals surface area contributed by atoms with E-state index >= 15 is 0 Å². The molecular weight excluding hydrogens is 377 g/mol. The molecular formula is C12H20IN3O2S. The van der Waals surface area contributed by atoms with Crippen molar-refractivity contribution in [3.05, 3.63) is 30.3 Å². The fourth-order valence-corrected chi connectivity index (χ4v) is 2.06. The molecule has 7 heteroatoms. The predicted octanol–water partition coefficient (Wildman–Crippen LogP) is 1.85. The molecule has 0 aromatic heterocycles. The Bertz CT molecular complexity index is 501. The van der Waals surface area contributed by atoms with Crippen molar-refractivity contribution in [2.75, 3.05) is 17.6 Å². The van der Waals surface area contributed by atoms with Crippen molar-refractivity contribution in [3.8, 4) is 0 Å². The molecule has 0 bridgehead atoms. The number of benzene rings is 1. The fourth-order valence-electron chi connectivity index (χ4n) is 1.24. The Morgan fingerprint density at radius 3 is 2.42 bits per heavy atom. The van der Waals surface area contributed by atoms with Gasteiger partial charge in [-0.25, -0.2) is 8.42 Å². The summed E-state index contributed by atoms with van der Waals surface area (Å²) < 4.78 is 23.1. The summed E-state index contributed by atoms with van der Waals surface area (Å²) in [4.78, 5) is 3.99. The molecule has 0 spiro atoms. The minimum absolute atomic E-state index is 0. The van der Waals surface area contributed by atoms with E-state index in [1.54, 1.807) is 13.8 Å². The molecule has 1 aromatic carbocycles. The molecule has 5 nitrogen and oxygen atoms in total. The van der Waals surface area contributed by atoms with E-state index in [-0.39, 0.29) is 47.5 Å². The summed E-state index contributed by atoms with van der Waals surface area (Å²) in [6.45, 7) is 3.49. The third kappa shape index (κ3) is 6.76. The van der Waals surface area contributed by atoms with Crippen LogP contribution in [0.3, 0.4) is 0 Å². The van der Waals surface area contributed by atoms with E-state index in [1.165, 1.54) is 0 Å². The standard InChI is InChI=1S/C12H19N3O2S.HI/c1-10(2)18(16,17)9-8-14-12(13)15-11-6-4-3-5-7-11;/h3-7,10H,8-9H2,1-2H3,(H3,13,14,15);1H. The lowest BCUT2D eigenvalue weighted by molar-refractivity contribution is 0.587. The van der Waals surface area contributed by atoms with Crippen LogP contribution < -0.4 is 11.1 Å². The van der Waals surface area contributed by atoms with Crippen molar-refractivity contribution in [1.29, 1.82) is 0 Å². The highest BCUT2D eigenvalue weighted by Crippen LogP contribution is 2.04. The van der Waals surface area contributed by atoms with Crippen molar-refractivity contribution in [2.45, 2.75) is 19.1 Å². The number of halogens is 1. The monoisotopic (exact) mass is 397 g/mol. The summed E-state index contributed by atoms with van der Waals surface area (Å²) in [7, 11) is -3.06. The summed E-state index contributed by atoms with van der Waals surface area (Å²) >= 11 is 0. The predicted molar refractivity (Wildman–Crippen MR) is 90.9 cm³/mol. The quantitative estimate of drug-likeness (QED) is 0.451. The number of nitrogens with two attached hydrogens (primary N) is 1. The van der Waals surface area contributed by atoms with Crippen LogP contribution in [0.5, 0.6) is 0 Å². The highest BCUT2D eigenvalue weighted by Gasteiger charge is 2.14. The average molecular weight is 397 g/mol. The van der Waals surface area contributed by atoms with Crippen LogP contribution in [0.2, 0.25) is 0 Å². The van der Waals surface area contributed by atoms with Gasteiger partial charge in [-0.3, -0.25) is 4.99 Å². The van der Waals surface area contributed by atoms with Gasteiger partial charge in [-0.2, -0.15) is 0 Å². The first-order chi connectivity index (χ1) is 8.42. The van der Waals surface area contributed by atoms with Crippen LogP contribution in [0.4, 0.5) is 5.69 Å². The van der Waals surface area contributed by atoms with E-state index in [0.29, 0.717) is 0 Å². The lowest BCUT2D eigenvalue weighted by atomic mass is 10.3. The van der Waals surface area contributed by atoms with Crippen molar-refractivity contribution < 1.29 is 8.42 Å². The zero-order valence-electron chi connectivity index (χ0n) is 11.0. The molecule has 0 amide bonds. The number of hydrogen-bond donors (Lipinski definition) is 2. The molecule has 1 aromatic rings. The van der Waals surface area contributed by atoms with Crippen LogP contribution in [-0.4, -0.2) is 31.9 Å². The second kappa shape index (κ2) is 8.36. The highest BCUT2D eigenvalue weighted by atomic mass is 127. The maximum Gasteiger partial charge on any atom is 0.193 e. The van der Waals surface area contributed by atoms with E-state index in [2.05, 4.69) is 10.3 Å². The van der Waals surface area contributed by atoms with Crippen LogP contribution in [0.25, 0.3) is 0 Å². The molecule has 0 radical (unpaired) electrons. The fraction of sp³-hybridized carbons (Fsp3) is 0.417. The van der Waals surface area contributed by atoms with E-state index in [1.807, 2.05) is 30.3 Å². The summed E-state index contributed by atoms with van der Waals surface area (Å²) in [5.74, 6) is 0.238. The van der Waals surface area contributed by atoms with E-state index in [4.69, 9.17) is 5.73 Å². The molecule has 3 N–H and O–H groups in total. The SMILES string of the molecule is CC(C)S(=O)(=O)CCN=C(N)Nc1ccccc1.I. The van der Waals surface area contributed by atoms with Gasteiger partial charge in [-0.1, -0.05) is 18.2 Å². The number of para-hydroxylation sites is 1. The van der Waals surface area contributed by atoms with Gasteiger partial charge < -0.3 is 11.1 Å². The third-order valence-electron chi connectivity index (χ3n) is 2.42. The Morgan fingerprint density at radius 2 is 1.89 bits per heavy atom. The molecule has 108 valence electrons. The molecule has 0 saturated heterocycles. The minimum Gasteiger partial charge on any atom is -0.370 e.